The smallest absolute Gasteiger partial charge is 0.253 e. The van der Waals surface area contributed by atoms with Gasteiger partial charge in [0.1, 0.15) is 0 Å². The second-order valence-electron chi connectivity index (χ2n) is 6.37. The van der Waals surface area contributed by atoms with Crippen molar-refractivity contribution in [3.63, 3.8) is 0 Å². The molecule has 1 aromatic carbocycles. The summed E-state index contributed by atoms with van der Waals surface area (Å²) in [6, 6.07) is 7.30. The number of benzene rings is 1. The summed E-state index contributed by atoms with van der Waals surface area (Å²) < 4.78 is 0. The molecule has 4 nitrogen and oxygen atoms in total. The Hall–Kier alpha value is -0.970. The fraction of sp³-hybridized carbons (Fsp3) is 0.588. The van der Waals surface area contributed by atoms with E-state index in [0.29, 0.717) is 11.3 Å². The van der Waals surface area contributed by atoms with Crippen molar-refractivity contribution in [3.05, 3.63) is 29.8 Å². The molecule has 2 saturated heterocycles. The molecule has 0 saturated carbocycles. The Bertz CT molecular complexity index is 498. The summed E-state index contributed by atoms with van der Waals surface area (Å²) in [6.45, 7) is 5.52. The van der Waals surface area contributed by atoms with Crippen molar-refractivity contribution in [2.75, 3.05) is 38.5 Å². The highest BCUT2D eigenvalue weighted by atomic mass is 35.5. The number of carbonyl (C=O) groups is 1. The number of hydrogen-bond donors (Lipinski definition) is 1. The van der Waals surface area contributed by atoms with Crippen LogP contribution in [0.5, 0.6) is 0 Å². The Balaban J connectivity index is 0.00000132. The Morgan fingerprint density at radius 3 is 2.35 bits per heavy atom. The fourth-order valence-corrected chi connectivity index (χ4v) is 3.50. The number of anilines is 1. The zero-order chi connectivity index (χ0) is 14.7. The lowest BCUT2D eigenvalue weighted by Gasteiger charge is -2.34. The molecule has 0 spiro atoms. The third-order valence-corrected chi connectivity index (χ3v) is 4.75. The summed E-state index contributed by atoms with van der Waals surface area (Å²) in [4.78, 5) is 17.0. The number of rotatable bonds is 3. The molecule has 23 heavy (non-hydrogen) atoms. The average molecular weight is 360 g/mol. The topological polar surface area (TPSA) is 49.6 Å². The molecule has 1 aromatic rings. The van der Waals surface area contributed by atoms with E-state index in [2.05, 4.69) is 4.90 Å². The van der Waals surface area contributed by atoms with Crippen LogP contribution in [0.4, 0.5) is 5.69 Å². The third kappa shape index (κ3) is 5.27. The molecule has 2 fully saturated rings. The quantitative estimate of drug-likeness (QED) is 0.843. The molecule has 0 aromatic heterocycles. The minimum Gasteiger partial charge on any atom is -0.399 e. The van der Waals surface area contributed by atoms with Crippen molar-refractivity contribution in [1.29, 1.82) is 0 Å². The standard InChI is InChI=1S/C17H25N3O.2ClH/c18-16-5-3-4-15(12-16)17(21)20-10-6-14(7-11-20)13-19-8-1-2-9-19;;/h3-5,12,14H,1-2,6-11,13,18H2;2*1H. The molecular weight excluding hydrogens is 333 g/mol. The molecule has 0 unspecified atom stereocenters. The Labute approximate surface area is 151 Å². The van der Waals surface area contributed by atoms with E-state index < -0.39 is 0 Å². The van der Waals surface area contributed by atoms with Crippen LogP contribution in [0.25, 0.3) is 0 Å². The molecule has 6 heteroatoms. The predicted molar refractivity (Wildman–Crippen MR) is 99.7 cm³/mol. The Morgan fingerprint density at radius 1 is 1.09 bits per heavy atom. The number of amides is 1. The van der Waals surface area contributed by atoms with Crippen molar-refractivity contribution in [1.82, 2.24) is 9.80 Å². The monoisotopic (exact) mass is 359 g/mol. The van der Waals surface area contributed by atoms with Gasteiger partial charge in [0.15, 0.2) is 0 Å². The van der Waals surface area contributed by atoms with Crippen LogP contribution in [-0.2, 0) is 0 Å². The second-order valence-corrected chi connectivity index (χ2v) is 6.37. The van der Waals surface area contributed by atoms with Gasteiger partial charge in [-0.15, -0.1) is 24.8 Å². The number of nitrogens with zero attached hydrogens (tertiary/aromatic N) is 2. The van der Waals surface area contributed by atoms with Crippen molar-refractivity contribution in [2.45, 2.75) is 25.7 Å². The fourth-order valence-electron chi connectivity index (χ4n) is 3.50. The van der Waals surface area contributed by atoms with E-state index in [1.165, 1.54) is 32.5 Å². The van der Waals surface area contributed by atoms with Crippen LogP contribution in [0, 0.1) is 5.92 Å². The zero-order valence-corrected chi connectivity index (χ0v) is 15.1. The van der Waals surface area contributed by atoms with Gasteiger partial charge in [0.25, 0.3) is 5.91 Å². The van der Waals surface area contributed by atoms with Crippen molar-refractivity contribution < 1.29 is 4.79 Å². The highest BCUT2D eigenvalue weighted by molar-refractivity contribution is 5.95. The van der Waals surface area contributed by atoms with Gasteiger partial charge in [0, 0.05) is 30.9 Å². The molecule has 2 N–H and O–H groups in total. The number of piperidine rings is 1. The van der Waals surface area contributed by atoms with Gasteiger partial charge in [0.05, 0.1) is 0 Å². The minimum absolute atomic E-state index is 0. The van der Waals surface area contributed by atoms with Gasteiger partial charge < -0.3 is 15.5 Å². The molecule has 0 aliphatic carbocycles. The number of halogens is 2. The normalized spacial score (nSPS) is 19.0. The van der Waals surface area contributed by atoms with E-state index >= 15 is 0 Å². The molecule has 2 aliphatic heterocycles. The van der Waals surface area contributed by atoms with E-state index in [0.717, 1.165) is 31.8 Å². The molecule has 3 rings (SSSR count). The lowest BCUT2D eigenvalue weighted by atomic mass is 9.95. The highest BCUT2D eigenvalue weighted by Crippen LogP contribution is 2.22. The van der Waals surface area contributed by atoms with Gasteiger partial charge in [0.2, 0.25) is 0 Å². The van der Waals surface area contributed by atoms with E-state index in [9.17, 15) is 4.79 Å². The van der Waals surface area contributed by atoms with E-state index in [1.807, 2.05) is 23.1 Å². The number of hydrogen-bond acceptors (Lipinski definition) is 3. The van der Waals surface area contributed by atoms with Crippen LogP contribution < -0.4 is 5.73 Å². The van der Waals surface area contributed by atoms with Gasteiger partial charge >= 0.3 is 0 Å². The van der Waals surface area contributed by atoms with E-state index in [1.54, 1.807) is 6.07 Å². The predicted octanol–water partition coefficient (Wildman–Crippen LogP) is 3.06. The Morgan fingerprint density at radius 2 is 1.74 bits per heavy atom. The van der Waals surface area contributed by atoms with Gasteiger partial charge in [-0.3, -0.25) is 4.79 Å². The lowest BCUT2D eigenvalue weighted by molar-refractivity contribution is 0.0673. The summed E-state index contributed by atoms with van der Waals surface area (Å²) in [7, 11) is 0. The van der Waals surface area contributed by atoms with Gasteiger partial charge in [-0.2, -0.15) is 0 Å². The molecule has 2 aliphatic rings. The highest BCUT2D eigenvalue weighted by Gasteiger charge is 2.25. The second kappa shape index (κ2) is 9.36. The first-order valence-corrected chi connectivity index (χ1v) is 8.09. The first-order valence-electron chi connectivity index (χ1n) is 8.09. The Kier molecular flexibility index (Phi) is 8.17. The molecule has 0 radical (unpaired) electrons. The summed E-state index contributed by atoms with van der Waals surface area (Å²) in [6.07, 6.45) is 4.97. The maximum Gasteiger partial charge on any atom is 0.253 e. The lowest BCUT2D eigenvalue weighted by Crippen LogP contribution is -2.41. The summed E-state index contributed by atoms with van der Waals surface area (Å²) in [5, 5.41) is 0. The maximum atomic E-state index is 12.5. The SMILES string of the molecule is Cl.Cl.Nc1cccc(C(=O)N2CCC(CN3CCCC3)CC2)c1. The molecule has 2 heterocycles. The van der Waals surface area contributed by atoms with E-state index in [-0.39, 0.29) is 30.7 Å². The van der Waals surface area contributed by atoms with Gasteiger partial charge in [-0.1, -0.05) is 6.07 Å². The van der Waals surface area contributed by atoms with Crippen LogP contribution in [0.3, 0.4) is 0 Å². The average Bonchev–Trinajstić information content (AvgIpc) is 3.00. The third-order valence-electron chi connectivity index (χ3n) is 4.75. The van der Waals surface area contributed by atoms with Crippen LogP contribution >= 0.6 is 24.8 Å². The maximum absolute atomic E-state index is 12.5. The minimum atomic E-state index is 0. The van der Waals surface area contributed by atoms with Crippen molar-refractivity contribution in [3.8, 4) is 0 Å². The summed E-state index contributed by atoms with van der Waals surface area (Å²) >= 11 is 0. The first-order chi connectivity index (χ1) is 10.2. The van der Waals surface area contributed by atoms with E-state index in [4.69, 9.17) is 5.73 Å². The molecule has 130 valence electrons. The summed E-state index contributed by atoms with van der Waals surface area (Å²) in [5.74, 6) is 0.884. The number of nitrogens with two attached hydrogens (primary N) is 1. The van der Waals surface area contributed by atoms with Gasteiger partial charge in [-0.25, -0.2) is 0 Å². The molecule has 0 bridgehead atoms. The van der Waals surface area contributed by atoms with Crippen LogP contribution in [-0.4, -0.2) is 48.4 Å². The van der Waals surface area contributed by atoms with Gasteiger partial charge in [-0.05, 0) is 62.9 Å². The van der Waals surface area contributed by atoms with Crippen molar-refractivity contribution in [2.24, 2.45) is 5.92 Å². The summed E-state index contributed by atoms with van der Waals surface area (Å²) in [5.41, 5.74) is 7.14. The van der Waals surface area contributed by atoms with Crippen molar-refractivity contribution >= 4 is 36.4 Å². The zero-order valence-electron chi connectivity index (χ0n) is 13.4. The molecular formula is C17H27Cl2N3O. The number of carbonyl (C=O) groups excluding carboxylic acids is 1. The molecule has 1 amide bonds. The van der Waals surface area contributed by atoms with Crippen LogP contribution in [0.1, 0.15) is 36.0 Å². The molecule has 0 atom stereocenters. The number of nitrogen functional groups attached to an aromatic ring is 1. The first kappa shape index (κ1) is 20.1. The van der Waals surface area contributed by atoms with Crippen LogP contribution in [0.2, 0.25) is 0 Å². The number of likely N-dealkylation sites (tertiary alicyclic amines) is 2. The van der Waals surface area contributed by atoms with Crippen LogP contribution in [0.15, 0.2) is 24.3 Å². The largest absolute Gasteiger partial charge is 0.399 e.